The van der Waals surface area contributed by atoms with Gasteiger partial charge in [0.15, 0.2) is 0 Å². The van der Waals surface area contributed by atoms with Crippen molar-refractivity contribution in [2.24, 2.45) is 11.3 Å². The Balaban J connectivity index is 3.32. The molecule has 1 rings (SSSR count). The van der Waals surface area contributed by atoms with Crippen LogP contribution in [0.1, 0.15) is 61.0 Å². The second kappa shape index (κ2) is 11.7. The summed E-state index contributed by atoms with van der Waals surface area (Å²) in [6.45, 7) is 14.8. The van der Waals surface area contributed by atoms with E-state index in [-0.39, 0.29) is 29.1 Å². The first kappa shape index (κ1) is 30.2. The first-order chi connectivity index (χ1) is 15.9. The fraction of sp³-hybridized carbons (Fsp3) is 0.593. The SMILES string of the molecule is CNC(C(=O)N[C@H](C(=O)N(C)[C@H](/C=C(\C)C(=O)O)C(C)C)C(C)(C)C)C(C)(C)c1cccc(O)c1. The van der Waals surface area contributed by atoms with Gasteiger partial charge in [-0.2, -0.15) is 0 Å². The van der Waals surface area contributed by atoms with E-state index in [2.05, 4.69) is 10.6 Å². The van der Waals surface area contributed by atoms with Crippen LogP contribution in [0.15, 0.2) is 35.9 Å². The summed E-state index contributed by atoms with van der Waals surface area (Å²) >= 11 is 0. The van der Waals surface area contributed by atoms with Crippen molar-refractivity contribution in [1.82, 2.24) is 15.5 Å². The predicted molar refractivity (Wildman–Crippen MR) is 138 cm³/mol. The Hall–Kier alpha value is -2.87. The number of hydrogen-bond donors (Lipinski definition) is 4. The van der Waals surface area contributed by atoms with Gasteiger partial charge < -0.3 is 25.7 Å². The van der Waals surface area contributed by atoms with Crippen molar-refractivity contribution in [3.8, 4) is 5.75 Å². The van der Waals surface area contributed by atoms with E-state index in [1.54, 1.807) is 38.4 Å². The molecule has 0 fully saturated rings. The highest BCUT2D eigenvalue weighted by Gasteiger charge is 2.41. The monoisotopic (exact) mass is 489 g/mol. The molecule has 0 aliphatic carbocycles. The maximum absolute atomic E-state index is 13.7. The maximum Gasteiger partial charge on any atom is 0.331 e. The Bertz CT molecular complexity index is 946. The first-order valence-electron chi connectivity index (χ1n) is 11.9. The van der Waals surface area contributed by atoms with Crippen molar-refractivity contribution >= 4 is 17.8 Å². The van der Waals surface area contributed by atoms with Crippen LogP contribution >= 0.6 is 0 Å². The molecule has 8 heteroatoms. The van der Waals surface area contributed by atoms with E-state index >= 15 is 0 Å². The minimum atomic E-state index is -1.04. The highest BCUT2D eigenvalue weighted by Crippen LogP contribution is 2.30. The van der Waals surface area contributed by atoms with Gasteiger partial charge in [-0.3, -0.25) is 9.59 Å². The number of carboxylic acids is 1. The van der Waals surface area contributed by atoms with E-state index in [0.717, 1.165) is 5.56 Å². The molecule has 0 aliphatic rings. The summed E-state index contributed by atoms with van der Waals surface area (Å²) in [5.41, 5.74) is -0.377. The number of carbonyl (C=O) groups is 3. The minimum Gasteiger partial charge on any atom is -0.508 e. The summed E-state index contributed by atoms with van der Waals surface area (Å²) in [7, 11) is 3.32. The molecule has 0 spiro atoms. The molecule has 0 aromatic heterocycles. The quantitative estimate of drug-likeness (QED) is 0.375. The van der Waals surface area contributed by atoms with E-state index in [0.29, 0.717) is 0 Å². The Labute approximate surface area is 209 Å². The summed E-state index contributed by atoms with van der Waals surface area (Å²) in [5, 5.41) is 25.3. The van der Waals surface area contributed by atoms with Crippen LogP contribution < -0.4 is 10.6 Å². The highest BCUT2D eigenvalue weighted by atomic mass is 16.4. The largest absolute Gasteiger partial charge is 0.508 e. The summed E-state index contributed by atoms with van der Waals surface area (Å²) < 4.78 is 0. The first-order valence-corrected chi connectivity index (χ1v) is 11.9. The van der Waals surface area contributed by atoms with Crippen LogP contribution in [0.4, 0.5) is 0 Å². The van der Waals surface area contributed by atoms with Gasteiger partial charge in [0.05, 0.1) is 12.1 Å². The molecule has 3 atom stereocenters. The van der Waals surface area contributed by atoms with E-state index in [9.17, 15) is 24.6 Å². The fourth-order valence-electron chi connectivity index (χ4n) is 4.20. The van der Waals surface area contributed by atoms with Crippen LogP contribution in [0.25, 0.3) is 0 Å². The predicted octanol–water partition coefficient (Wildman–Crippen LogP) is 3.30. The zero-order valence-electron chi connectivity index (χ0n) is 22.8. The van der Waals surface area contributed by atoms with Gasteiger partial charge in [-0.15, -0.1) is 0 Å². The Kier molecular flexibility index (Phi) is 10.1. The van der Waals surface area contributed by atoms with Gasteiger partial charge >= 0.3 is 5.97 Å². The second-order valence-corrected chi connectivity index (χ2v) is 11.1. The van der Waals surface area contributed by atoms with Gasteiger partial charge in [-0.1, -0.05) is 66.7 Å². The number of hydrogen-bond acceptors (Lipinski definition) is 5. The molecule has 4 N–H and O–H groups in total. The third-order valence-electron chi connectivity index (χ3n) is 6.50. The van der Waals surface area contributed by atoms with Crippen LogP contribution in [-0.2, 0) is 19.8 Å². The van der Waals surface area contributed by atoms with Crippen molar-refractivity contribution in [3.63, 3.8) is 0 Å². The van der Waals surface area contributed by atoms with Crippen LogP contribution in [-0.4, -0.2) is 65.1 Å². The van der Waals surface area contributed by atoms with Gasteiger partial charge in [0.1, 0.15) is 11.8 Å². The topological polar surface area (TPSA) is 119 Å². The van der Waals surface area contributed by atoms with Crippen LogP contribution in [0, 0.1) is 11.3 Å². The van der Waals surface area contributed by atoms with Crippen molar-refractivity contribution in [1.29, 1.82) is 0 Å². The summed E-state index contributed by atoms with van der Waals surface area (Å²) in [6.07, 6.45) is 1.58. The maximum atomic E-state index is 13.7. The molecule has 8 nitrogen and oxygen atoms in total. The van der Waals surface area contributed by atoms with Crippen LogP contribution in [0.5, 0.6) is 5.75 Å². The van der Waals surface area contributed by atoms with E-state index in [4.69, 9.17) is 0 Å². The number of aliphatic carboxylic acids is 1. The number of amides is 2. The molecule has 35 heavy (non-hydrogen) atoms. The van der Waals surface area contributed by atoms with E-state index < -0.39 is 34.9 Å². The highest BCUT2D eigenvalue weighted by molar-refractivity contribution is 5.91. The lowest BCUT2D eigenvalue weighted by atomic mass is 9.76. The van der Waals surface area contributed by atoms with Gasteiger partial charge in [0.2, 0.25) is 11.8 Å². The van der Waals surface area contributed by atoms with Gasteiger partial charge in [-0.05, 0) is 43.0 Å². The molecule has 0 radical (unpaired) electrons. The molecular formula is C27H43N3O5. The number of carboxylic acid groups (broad SMARTS) is 1. The average Bonchev–Trinajstić information content (AvgIpc) is 2.73. The third kappa shape index (κ3) is 7.56. The van der Waals surface area contributed by atoms with Crippen LogP contribution in [0.2, 0.25) is 0 Å². The van der Waals surface area contributed by atoms with Gasteiger partial charge in [0, 0.05) is 18.0 Å². The number of likely N-dealkylation sites (N-methyl/N-ethyl adjacent to an activating group) is 2. The molecule has 1 unspecified atom stereocenters. The molecular weight excluding hydrogens is 446 g/mol. The van der Waals surface area contributed by atoms with Crippen molar-refractivity contribution in [3.05, 3.63) is 41.5 Å². The van der Waals surface area contributed by atoms with E-state index in [1.165, 1.54) is 11.8 Å². The fourth-order valence-corrected chi connectivity index (χ4v) is 4.20. The van der Waals surface area contributed by atoms with Gasteiger partial charge in [0.25, 0.3) is 0 Å². The minimum absolute atomic E-state index is 0.0377. The number of nitrogens with zero attached hydrogens (tertiary/aromatic N) is 1. The number of phenolic OH excluding ortho intramolecular Hbond substituents is 1. The van der Waals surface area contributed by atoms with Crippen molar-refractivity contribution < 1.29 is 24.6 Å². The lowest BCUT2D eigenvalue weighted by molar-refractivity contribution is -0.141. The molecule has 0 saturated carbocycles. The molecule has 2 amide bonds. The second-order valence-electron chi connectivity index (χ2n) is 11.1. The zero-order valence-corrected chi connectivity index (χ0v) is 22.8. The number of aromatic hydroxyl groups is 1. The zero-order chi connectivity index (χ0) is 27.3. The number of carbonyl (C=O) groups excluding carboxylic acids is 2. The normalized spacial score (nSPS) is 15.3. The Morgan fingerprint density at radius 2 is 1.63 bits per heavy atom. The molecule has 1 aromatic carbocycles. The van der Waals surface area contributed by atoms with Crippen molar-refractivity contribution in [2.75, 3.05) is 14.1 Å². The Morgan fingerprint density at radius 3 is 2.06 bits per heavy atom. The van der Waals surface area contributed by atoms with Crippen molar-refractivity contribution in [2.45, 2.75) is 78.9 Å². The number of benzene rings is 1. The summed E-state index contributed by atoms with van der Waals surface area (Å²) in [4.78, 5) is 40.1. The standard InChI is InChI=1S/C27H43N3O5/c1-16(2)20(14-17(3)25(34)35)30(10)24(33)22(26(4,5)6)29-23(32)21(28-9)27(7,8)18-12-11-13-19(31)15-18/h11-16,20-22,28,31H,1-10H3,(H,29,32)(H,34,35)/b17-14+/t20-,21?,22-/m1/s1. The number of phenols is 1. The lowest BCUT2D eigenvalue weighted by Gasteiger charge is -2.40. The Morgan fingerprint density at radius 1 is 1.06 bits per heavy atom. The number of rotatable bonds is 10. The van der Waals surface area contributed by atoms with Crippen LogP contribution in [0.3, 0.4) is 0 Å². The molecule has 0 aliphatic heterocycles. The summed E-state index contributed by atoms with van der Waals surface area (Å²) in [5.74, 6) is -1.61. The van der Waals surface area contributed by atoms with Gasteiger partial charge in [-0.25, -0.2) is 4.79 Å². The molecule has 196 valence electrons. The smallest absolute Gasteiger partial charge is 0.331 e. The number of nitrogens with one attached hydrogen (secondary N) is 2. The molecule has 1 aromatic rings. The molecule has 0 heterocycles. The molecule has 0 bridgehead atoms. The summed E-state index contributed by atoms with van der Waals surface area (Å²) in [6, 6.07) is 4.78. The third-order valence-corrected chi connectivity index (χ3v) is 6.50. The molecule has 0 saturated heterocycles. The lowest BCUT2D eigenvalue weighted by Crippen LogP contribution is -2.61. The van der Waals surface area contributed by atoms with E-state index in [1.807, 2.05) is 54.5 Å². The average molecular weight is 490 g/mol.